The second kappa shape index (κ2) is 4.59. The Kier molecular flexibility index (Phi) is 2.61. The van der Waals surface area contributed by atoms with Gasteiger partial charge in [0.15, 0.2) is 0 Å². The zero-order chi connectivity index (χ0) is 13.4. The van der Waals surface area contributed by atoms with E-state index in [0.29, 0.717) is 6.04 Å². The molecule has 0 aliphatic carbocycles. The van der Waals surface area contributed by atoms with E-state index in [2.05, 4.69) is 29.9 Å². The first-order valence-corrected chi connectivity index (χ1v) is 6.79. The molecule has 102 valence electrons. The fraction of sp³-hybridized carbons (Fsp3) is 0.385. The molecule has 20 heavy (non-hydrogen) atoms. The van der Waals surface area contributed by atoms with Gasteiger partial charge in [0.2, 0.25) is 0 Å². The second-order valence-electron chi connectivity index (χ2n) is 5.04. The Balaban J connectivity index is 1.68. The third-order valence-corrected chi connectivity index (χ3v) is 3.85. The molecule has 4 heterocycles. The van der Waals surface area contributed by atoms with Gasteiger partial charge in [-0.1, -0.05) is 0 Å². The third kappa shape index (κ3) is 1.82. The van der Waals surface area contributed by atoms with Crippen molar-refractivity contribution in [2.45, 2.75) is 25.4 Å². The molecule has 4 rings (SSSR count). The van der Waals surface area contributed by atoms with E-state index in [4.69, 9.17) is 0 Å². The highest BCUT2D eigenvalue weighted by Crippen LogP contribution is 2.29. The van der Waals surface area contributed by atoms with Crippen LogP contribution in [0.5, 0.6) is 0 Å². The summed E-state index contributed by atoms with van der Waals surface area (Å²) in [5.74, 6) is 1.01. The highest BCUT2D eigenvalue weighted by atomic mass is 15.3. The number of rotatable bonds is 3. The Morgan fingerprint density at radius 3 is 3.20 bits per heavy atom. The Bertz CT molecular complexity index is 702. The lowest BCUT2D eigenvalue weighted by atomic mass is 10.2. The number of nitrogens with one attached hydrogen (secondary N) is 1. The number of fused-ring (bicyclic) bond motifs is 1. The molecule has 1 fully saturated rings. The van der Waals surface area contributed by atoms with Crippen molar-refractivity contribution in [2.24, 2.45) is 0 Å². The molecule has 1 saturated heterocycles. The molecule has 3 aromatic heterocycles. The molecular formula is C13H15N7. The van der Waals surface area contributed by atoms with Gasteiger partial charge >= 0.3 is 0 Å². The zero-order valence-corrected chi connectivity index (χ0v) is 11.0. The van der Waals surface area contributed by atoms with E-state index < -0.39 is 0 Å². The summed E-state index contributed by atoms with van der Waals surface area (Å²) in [7, 11) is 0. The van der Waals surface area contributed by atoms with Gasteiger partial charge in [-0.3, -0.25) is 4.68 Å². The van der Waals surface area contributed by atoms with Crippen molar-refractivity contribution in [3.63, 3.8) is 0 Å². The first kappa shape index (κ1) is 11.4. The Morgan fingerprint density at radius 1 is 1.30 bits per heavy atom. The van der Waals surface area contributed by atoms with Crippen LogP contribution in [0, 0.1) is 0 Å². The number of hydrogen-bond donors (Lipinski definition) is 1. The summed E-state index contributed by atoms with van der Waals surface area (Å²) >= 11 is 0. The van der Waals surface area contributed by atoms with Crippen LogP contribution in [-0.2, 0) is 6.54 Å². The standard InChI is InChI=1S/C13H15N7/c1-2-10(6-19-9-14-7-18-19)20(5-1)13-11-3-4-15-12(11)16-8-17-13/h3-4,7-10H,1-2,5-6H2,(H,15,16,17)/t10-/m0/s1. The van der Waals surface area contributed by atoms with Crippen LogP contribution >= 0.6 is 0 Å². The van der Waals surface area contributed by atoms with Gasteiger partial charge < -0.3 is 9.88 Å². The van der Waals surface area contributed by atoms with Crippen LogP contribution in [0.4, 0.5) is 5.82 Å². The van der Waals surface area contributed by atoms with E-state index in [0.717, 1.165) is 36.4 Å². The Labute approximate surface area is 115 Å². The minimum Gasteiger partial charge on any atom is -0.351 e. The second-order valence-corrected chi connectivity index (χ2v) is 5.04. The molecule has 0 amide bonds. The first-order valence-electron chi connectivity index (χ1n) is 6.79. The Hall–Kier alpha value is -2.44. The van der Waals surface area contributed by atoms with Crippen molar-refractivity contribution < 1.29 is 0 Å². The van der Waals surface area contributed by atoms with Crippen LogP contribution in [0.1, 0.15) is 12.8 Å². The summed E-state index contributed by atoms with van der Waals surface area (Å²) < 4.78 is 1.89. The molecule has 0 aromatic carbocycles. The lowest BCUT2D eigenvalue weighted by Gasteiger charge is -2.25. The average Bonchev–Trinajstić information content (AvgIpc) is 3.19. The van der Waals surface area contributed by atoms with E-state index in [9.17, 15) is 0 Å². The van der Waals surface area contributed by atoms with Crippen LogP contribution in [0.25, 0.3) is 11.0 Å². The van der Waals surface area contributed by atoms with Gasteiger partial charge in [-0.05, 0) is 18.9 Å². The predicted molar refractivity (Wildman–Crippen MR) is 74.3 cm³/mol. The van der Waals surface area contributed by atoms with Gasteiger partial charge in [-0.25, -0.2) is 15.0 Å². The maximum Gasteiger partial charge on any atom is 0.142 e. The van der Waals surface area contributed by atoms with Crippen LogP contribution < -0.4 is 4.90 Å². The fourth-order valence-corrected chi connectivity index (χ4v) is 2.93. The normalized spacial score (nSPS) is 19.0. The van der Waals surface area contributed by atoms with Gasteiger partial charge in [-0.2, -0.15) is 5.10 Å². The van der Waals surface area contributed by atoms with E-state index in [1.165, 1.54) is 6.42 Å². The summed E-state index contributed by atoms with van der Waals surface area (Å²) in [5, 5.41) is 5.28. The summed E-state index contributed by atoms with van der Waals surface area (Å²) in [5.41, 5.74) is 0.890. The van der Waals surface area contributed by atoms with Crippen LogP contribution in [0.2, 0.25) is 0 Å². The van der Waals surface area contributed by atoms with Gasteiger partial charge in [0.1, 0.15) is 30.4 Å². The quantitative estimate of drug-likeness (QED) is 0.773. The topological polar surface area (TPSA) is 75.5 Å². The molecule has 0 unspecified atom stereocenters. The molecule has 1 N–H and O–H groups in total. The van der Waals surface area contributed by atoms with Crippen molar-refractivity contribution in [3.8, 4) is 0 Å². The van der Waals surface area contributed by atoms with Crippen molar-refractivity contribution in [3.05, 3.63) is 31.2 Å². The maximum atomic E-state index is 4.49. The lowest BCUT2D eigenvalue weighted by Crippen LogP contribution is -2.33. The molecule has 1 atom stereocenters. The number of H-pyrrole nitrogens is 1. The van der Waals surface area contributed by atoms with E-state index >= 15 is 0 Å². The summed E-state index contributed by atoms with van der Waals surface area (Å²) in [6.07, 6.45) is 9.20. The molecule has 0 radical (unpaired) electrons. The number of anilines is 1. The number of hydrogen-bond acceptors (Lipinski definition) is 5. The number of aromatic nitrogens is 6. The van der Waals surface area contributed by atoms with Gasteiger partial charge in [0.05, 0.1) is 18.0 Å². The first-order chi connectivity index (χ1) is 9.92. The third-order valence-electron chi connectivity index (χ3n) is 3.85. The van der Waals surface area contributed by atoms with Crippen molar-refractivity contribution in [1.29, 1.82) is 0 Å². The monoisotopic (exact) mass is 269 g/mol. The zero-order valence-electron chi connectivity index (χ0n) is 11.0. The van der Waals surface area contributed by atoms with E-state index in [-0.39, 0.29) is 0 Å². The Morgan fingerprint density at radius 2 is 2.30 bits per heavy atom. The maximum absolute atomic E-state index is 4.49. The van der Waals surface area contributed by atoms with Crippen molar-refractivity contribution in [1.82, 2.24) is 29.7 Å². The van der Waals surface area contributed by atoms with Gasteiger partial charge in [0.25, 0.3) is 0 Å². The molecule has 7 nitrogen and oxygen atoms in total. The highest BCUT2D eigenvalue weighted by molar-refractivity contribution is 5.87. The van der Waals surface area contributed by atoms with Crippen molar-refractivity contribution >= 4 is 16.9 Å². The van der Waals surface area contributed by atoms with Crippen molar-refractivity contribution in [2.75, 3.05) is 11.4 Å². The summed E-state index contributed by atoms with van der Waals surface area (Å²) in [6, 6.07) is 2.44. The highest BCUT2D eigenvalue weighted by Gasteiger charge is 2.27. The van der Waals surface area contributed by atoms with Gasteiger partial charge in [0, 0.05) is 12.7 Å². The minimum atomic E-state index is 0.407. The molecule has 0 saturated carbocycles. The molecule has 7 heteroatoms. The summed E-state index contributed by atoms with van der Waals surface area (Å²) in [6.45, 7) is 1.87. The number of aromatic amines is 1. The molecular weight excluding hydrogens is 254 g/mol. The SMILES string of the molecule is c1nc(N2CCC[C@H]2Cn2cncn2)c2cc[nH]c2n1. The minimum absolute atomic E-state index is 0.407. The van der Waals surface area contributed by atoms with E-state index in [1.54, 1.807) is 19.0 Å². The molecule has 3 aromatic rings. The average molecular weight is 269 g/mol. The molecule has 0 bridgehead atoms. The summed E-state index contributed by atoms with van der Waals surface area (Å²) in [4.78, 5) is 18.2. The smallest absolute Gasteiger partial charge is 0.142 e. The lowest BCUT2D eigenvalue weighted by molar-refractivity contribution is 0.507. The van der Waals surface area contributed by atoms with Crippen LogP contribution in [0.15, 0.2) is 31.2 Å². The van der Waals surface area contributed by atoms with E-state index in [1.807, 2.05) is 16.9 Å². The van der Waals surface area contributed by atoms with Crippen LogP contribution in [0.3, 0.4) is 0 Å². The molecule has 1 aliphatic rings. The largest absolute Gasteiger partial charge is 0.351 e. The fourth-order valence-electron chi connectivity index (χ4n) is 2.93. The molecule has 1 aliphatic heterocycles. The predicted octanol–water partition coefficient (Wildman–Crippen LogP) is 1.22. The van der Waals surface area contributed by atoms with Crippen LogP contribution in [-0.4, -0.2) is 42.3 Å². The molecule has 0 spiro atoms. The number of nitrogens with zero attached hydrogens (tertiary/aromatic N) is 6. The van der Waals surface area contributed by atoms with Gasteiger partial charge in [-0.15, -0.1) is 0 Å².